The molecule has 0 aliphatic carbocycles. The highest BCUT2D eigenvalue weighted by molar-refractivity contribution is 5.81. The van der Waals surface area contributed by atoms with Crippen LogP contribution in [0.2, 0.25) is 0 Å². The number of ether oxygens (including phenoxy) is 1. The zero-order valence-electron chi connectivity index (χ0n) is 17.8. The normalized spacial score (nSPS) is 11.3. The number of hydrogen-bond donors (Lipinski definition) is 3. The molecule has 0 saturated heterocycles. The fourth-order valence-corrected chi connectivity index (χ4v) is 2.97. The van der Waals surface area contributed by atoms with Gasteiger partial charge in [0.05, 0.1) is 13.2 Å². The first-order valence-corrected chi connectivity index (χ1v) is 10.2. The molecule has 0 radical (unpaired) electrons. The quantitative estimate of drug-likeness (QED) is 0.405. The van der Waals surface area contributed by atoms with E-state index >= 15 is 0 Å². The van der Waals surface area contributed by atoms with Crippen molar-refractivity contribution in [3.05, 3.63) is 34.4 Å². The predicted molar refractivity (Wildman–Crippen MR) is 118 cm³/mol. The smallest absolute Gasteiger partial charge is 0.328 e. The first-order chi connectivity index (χ1) is 14.5. The summed E-state index contributed by atoms with van der Waals surface area (Å²) in [5.74, 6) is 1.000. The van der Waals surface area contributed by atoms with Gasteiger partial charge in [0.25, 0.3) is 0 Å². The summed E-state index contributed by atoms with van der Waals surface area (Å²) in [6, 6.07) is 4.03. The molecule has 0 amide bonds. The van der Waals surface area contributed by atoms with Crippen LogP contribution in [-0.4, -0.2) is 63.2 Å². The molecule has 10 nitrogen and oxygen atoms in total. The predicted octanol–water partition coefficient (Wildman–Crippen LogP) is 1.69. The molecule has 3 aromatic rings. The number of nitrogens with one attached hydrogen (secondary N) is 2. The maximum Gasteiger partial charge on any atom is 0.328 e. The number of H-pyrrole nitrogens is 1. The molecule has 30 heavy (non-hydrogen) atoms. The zero-order chi connectivity index (χ0) is 21.5. The van der Waals surface area contributed by atoms with Crippen LogP contribution in [0.4, 0.5) is 11.6 Å². The van der Waals surface area contributed by atoms with E-state index in [2.05, 4.69) is 51.2 Å². The highest BCUT2D eigenvalue weighted by atomic mass is 16.5. The maximum atomic E-state index is 12.5. The van der Waals surface area contributed by atoms with Crippen LogP contribution in [0.3, 0.4) is 0 Å². The standard InChI is InChI=1S/C20H30N8O2/c1-4-5-11-30-19-25-17(21)16-18(26-19)28(20(29)24-16)13-14-7-8-15(23-12-14)22-9-6-10-27(2)3/h7-8,12H,4-6,9-11,13H2,1-3H3,(H,22,23)(H,24,29)(H2,21,25,26). The third kappa shape index (κ3) is 5.47. The number of imidazole rings is 1. The lowest BCUT2D eigenvalue weighted by Crippen LogP contribution is -2.18. The van der Waals surface area contributed by atoms with Crippen molar-refractivity contribution in [1.82, 2.24) is 29.4 Å². The van der Waals surface area contributed by atoms with E-state index in [1.807, 2.05) is 12.1 Å². The Labute approximate surface area is 175 Å². The maximum absolute atomic E-state index is 12.5. The monoisotopic (exact) mass is 414 g/mol. The van der Waals surface area contributed by atoms with Crippen LogP contribution < -0.4 is 21.5 Å². The summed E-state index contributed by atoms with van der Waals surface area (Å²) in [7, 11) is 4.11. The lowest BCUT2D eigenvalue weighted by atomic mass is 10.2. The Morgan fingerprint density at radius 1 is 1.27 bits per heavy atom. The van der Waals surface area contributed by atoms with Gasteiger partial charge in [-0.1, -0.05) is 19.4 Å². The van der Waals surface area contributed by atoms with Gasteiger partial charge < -0.3 is 25.7 Å². The molecule has 3 rings (SSSR count). The number of hydrogen-bond acceptors (Lipinski definition) is 8. The van der Waals surface area contributed by atoms with Gasteiger partial charge in [-0.3, -0.25) is 4.57 Å². The van der Waals surface area contributed by atoms with Gasteiger partial charge in [-0.15, -0.1) is 0 Å². The molecule has 162 valence electrons. The minimum absolute atomic E-state index is 0.177. The van der Waals surface area contributed by atoms with E-state index in [4.69, 9.17) is 10.5 Å². The van der Waals surface area contributed by atoms with Gasteiger partial charge in [0.2, 0.25) is 0 Å². The van der Waals surface area contributed by atoms with E-state index < -0.39 is 0 Å². The largest absolute Gasteiger partial charge is 0.463 e. The molecular formula is C20H30N8O2. The molecule has 0 aliphatic heterocycles. The van der Waals surface area contributed by atoms with Crippen LogP contribution >= 0.6 is 0 Å². The Morgan fingerprint density at radius 3 is 2.80 bits per heavy atom. The van der Waals surface area contributed by atoms with Crippen molar-refractivity contribution < 1.29 is 4.74 Å². The highest BCUT2D eigenvalue weighted by Gasteiger charge is 2.15. The summed E-state index contributed by atoms with van der Waals surface area (Å²) in [6.45, 7) is 4.76. The molecular weight excluding hydrogens is 384 g/mol. The minimum Gasteiger partial charge on any atom is -0.463 e. The number of nitrogen functional groups attached to an aromatic ring is 1. The number of rotatable bonds is 11. The molecule has 0 atom stereocenters. The second kappa shape index (κ2) is 10.1. The summed E-state index contributed by atoms with van der Waals surface area (Å²) in [5, 5.41) is 3.30. The van der Waals surface area contributed by atoms with Gasteiger partial charge in [-0.2, -0.15) is 9.97 Å². The van der Waals surface area contributed by atoms with Gasteiger partial charge in [-0.25, -0.2) is 9.78 Å². The van der Waals surface area contributed by atoms with Crippen molar-refractivity contribution in [3.63, 3.8) is 0 Å². The van der Waals surface area contributed by atoms with Crippen LogP contribution in [0.1, 0.15) is 31.7 Å². The Balaban J connectivity index is 1.73. The number of nitrogens with two attached hydrogens (primary N) is 1. The molecule has 3 heterocycles. The zero-order valence-corrected chi connectivity index (χ0v) is 17.8. The Kier molecular flexibility index (Phi) is 7.23. The minimum atomic E-state index is -0.303. The van der Waals surface area contributed by atoms with Gasteiger partial charge in [0.15, 0.2) is 11.5 Å². The number of nitrogens with zero attached hydrogens (tertiary/aromatic N) is 5. The summed E-state index contributed by atoms with van der Waals surface area (Å²) in [5.41, 5.74) is 7.40. The van der Waals surface area contributed by atoms with Crippen molar-refractivity contribution >= 4 is 22.8 Å². The summed E-state index contributed by atoms with van der Waals surface area (Å²) in [4.78, 5) is 30.3. The van der Waals surface area contributed by atoms with Crippen molar-refractivity contribution in [3.8, 4) is 6.01 Å². The van der Waals surface area contributed by atoms with Crippen LogP contribution in [0.25, 0.3) is 11.2 Å². The van der Waals surface area contributed by atoms with E-state index in [9.17, 15) is 4.79 Å². The van der Waals surface area contributed by atoms with E-state index in [0.29, 0.717) is 24.3 Å². The molecule has 0 saturated carbocycles. The molecule has 0 spiro atoms. The van der Waals surface area contributed by atoms with Gasteiger partial charge >= 0.3 is 11.7 Å². The summed E-state index contributed by atoms with van der Waals surface area (Å²) in [6.07, 6.45) is 4.68. The molecule has 10 heteroatoms. The Bertz CT molecular complexity index is 1010. The van der Waals surface area contributed by atoms with Crippen LogP contribution in [0, 0.1) is 0 Å². The number of fused-ring (bicyclic) bond motifs is 1. The number of anilines is 2. The van der Waals surface area contributed by atoms with Crippen LogP contribution in [0.15, 0.2) is 23.1 Å². The summed E-state index contributed by atoms with van der Waals surface area (Å²) >= 11 is 0. The van der Waals surface area contributed by atoms with Crippen molar-refractivity contribution in [2.75, 3.05) is 44.8 Å². The Morgan fingerprint density at radius 2 is 2.10 bits per heavy atom. The van der Waals surface area contributed by atoms with Gasteiger partial charge in [0, 0.05) is 12.7 Å². The van der Waals surface area contributed by atoms with Crippen LogP contribution in [0.5, 0.6) is 6.01 Å². The molecule has 0 fully saturated rings. The van der Waals surface area contributed by atoms with E-state index in [0.717, 1.165) is 43.7 Å². The molecule has 3 aromatic heterocycles. The van der Waals surface area contributed by atoms with Crippen molar-refractivity contribution in [2.45, 2.75) is 32.7 Å². The molecule has 0 aromatic carbocycles. The average Bonchev–Trinajstić information content (AvgIpc) is 3.03. The number of aromatic amines is 1. The molecule has 4 N–H and O–H groups in total. The van der Waals surface area contributed by atoms with E-state index in [-0.39, 0.29) is 17.5 Å². The van der Waals surface area contributed by atoms with Gasteiger partial charge in [-0.05, 0) is 45.1 Å². The van der Waals surface area contributed by atoms with E-state index in [1.54, 1.807) is 6.20 Å². The lowest BCUT2D eigenvalue weighted by molar-refractivity contribution is 0.286. The Hall–Kier alpha value is -3.14. The number of unbranched alkanes of at least 4 members (excludes halogenated alkanes) is 1. The molecule has 0 aliphatic rings. The SMILES string of the molecule is CCCCOc1nc(N)c2[nH]c(=O)n(Cc3ccc(NCCCN(C)C)nc3)c2n1. The first kappa shape index (κ1) is 21.6. The van der Waals surface area contributed by atoms with Crippen molar-refractivity contribution in [2.24, 2.45) is 0 Å². The third-order valence-corrected chi connectivity index (χ3v) is 4.61. The molecule has 0 bridgehead atoms. The van der Waals surface area contributed by atoms with Crippen molar-refractivity contribution in [1.29, 1.82) is 0 Å². The fraction of sp³-hybridized carbons (Fsp3) is 0.500. The van der Waals surface area contributed by atoms with Gasteiger partial charge in [0.1, 0.15) is 11.3 Å². The first-order valence-electron chi connectivity index (χ1n) is 10.2. The number of aromatic nitrogens is 5. The average molecular weight is 415 g/mol. The third-order valence-electron chi connectivity index (χ3n) is 4.61. The van der Waals surface area contributed by atoms with E-state index in [1.165, 1.54) is 4.57 Å². The number of pyridine rings is 1. The second-order valence-corrected chi connectivity index (χ2v) is 7.44. The second-order valence-electron chi connectivity index (χ2n) is 7.44. The lowest BCUT2D eigenvalue weighted by Gasteiger charge is -2.10. The highest BCUT2D eigenvalue weighted by Crippen LogP contribution is 2.19. The summed E-state index contributed by atoms with van der Waals surface area (Å²) < 4.78 is 7.09. The van der Waals surface area contributed by atoms with Crippen LogP contribution in [-0.2, 0) is 6.54 Å². The topological polar surface area (TPSA) is 127 Å². The fourth-order valence-electron chi connectivity index (χ4n) is 2.97. The molecule has 0 unspecified atom stereocenters.